The lowest BCUT2D eigenvalue weighted by atomic mass is 10.0. The Morgan fingerprint density at radius 2 is 1.41 bits per heavy atom. The van der Waals surface area contributed by atoms with Crippen LogP contribution in [0.25, 0.3) is 0 Å². The van der Waals surface area contributed by atoms with Crippen molar-refractivity contribution in [1.82, 2.24) is 4.90 Å². The second-order valence-electron chi connectivity index (χ2n) is 7.94. The fraction of sp³-hybridized carbons (Fsp3) is 0.286. The highest BCUT2D eigenvalue weighted by molar-refractivity contribution is 5.96. The summed E-state index contributed by atoms with van der Waals surface area (Å²) in [5.41, 5.74) is 2.66. The van der Waals surface area contributed by atoms with E-state index in [-0.39, 0.29) is 11.6 Å². The van der Waals surface area contributed by atoms with Crippen LogP contribution < -0.4 is 10.1 Å². The van der Waals surface area contributed by atoms with E-state index in [1.165, 1.54) is 7.11 Å². The third-order valence-electron chi connectivity index (χ3n) is 5.36. The van der Waals surface area contributed by atoms with Crippen LogP contribution in [0.1, 0.15) is 54.3 Å². The molecule has 0 aromatic heterocycles. The minimum absolute atomic E-state index is 0.195. The summed E-state index contributed by atoms with van der Waals surface area (Å²) in [4.78, 5) is 27.2. The molecule has 0 bridgehead atoms. The predicted molar refractivity (Wildman–Crippen MR) is 134 cm³/mol. The lowest BCUT2D eigenvalue weighted by Gasteiger charge is -2.23. The number of ether oxygens (including phenoxy) is 2. The van der Waals surface area contributed by atoms with Gasteiger partial charge in [0, 0.05) is 18.8 Å². The molecule has 3 aromatic carbocycles. The van der Waals surface area contributed by atoms with E-state index in [0.717, 1.165) is 24.0 Å². The van der Waals surface area contributed by atoms with Crippen LogP contribution in [0.5, 0.6) is 5.75 Å². The smallest absolute Gasteiger partial charge is 0.341 e. The predicted octanol–water partition coefficient (Wildman–Crippen LogP) is 6.30. The second kappa shape index (κ2) is 12.4. The van der Waals surface area contributed by atoms with E-state index in [4.69, 9.17) is 9.47 Å². The van der Waals surface area contributed by atoms with E-state index >= 15 is 0 Å². The molecule has 0 radical (unpaired) electrons. The number of nitrogens with zero attached hydrogens (tertiary/aromatic N) is 1. The monoisotopic (exact) mass is 460 g/mol. The summed E-state index contributed by atoms with van der Waals surface area (Å²) in [5, 5.41) is 2.90. The molecule has 1 N–H and O–H groups in total. The summed E-state index contributed by atoms with van der Waals surface area (Å²) in [6, 6.07) is 24.5. The van der Waals surface area contributed by atoms with Crippen LogP contribution >= 0.6 is 0 Å². The van der Waals surface area contributed by atoms with Gasteiger partial charge >= 0.3 is 12.0 Å². The molecule has 0 aliphatic heterocycles. The van der Waals surface area contributed by atoms with Gasteiger partial charge in [-0.25, -0.2) is 9.59 Å². The number of methoxy groups -OCH3 is 1. The van der Waals surface area contributed by atoms with Crippen LogP contribution in [0, 0.1) is 0 Å². The first kappa shape index (κ1) is 24.8. The molecule has 3 aromatic rings. The summed E-state index contributed by atoms with van der Waals surface area (Å²) in [7, 11) is 1.33. The Hall–Kier alpha value is -3.80. The largest absolute Gasteiger partial charge is 0.480 e. The number of hydrogen-bond acceptors (Lipinski definition) is 4. The van der Waals surface area contributed by atoms with Gasteiger partial charge in [0.1, 0.15) is 17.4 Å². The maximum atomic E-state index is 12.7. The highest BCUT2D eigenvalue weighted by atomic mass is 16.5. The highest BCUT2D eigenvalue weighted by Crippen LogP contribution is 2.32. The maximum absolute atomic E-state index is 12.7. The molecule has 178 valence electrons. The standard InChI is InChI=1S/C28H32N2O4/c1-4-18-30(19-5-2)28(32)29-23-16-17-25(24(20-23)27(31)33-3)34-26(21-12-8-6-9-13-21)22-14-10-7-11-15-22/h6-17,20,26H,4-5,18-19H2,1-3H3,(H,29,32). The van der Waals surface area contributed by atoms with Crippen molar-refractivity contribution < 1.29 is 19.1 Å². The Morgan fingerprint density at radius 3 is 1.91 bits per heavy atom. The summed E-state index contributed by atoms with van der Waals surface area (Å²) in [6.45, 7) is 5.40. The van der Waals surface area contributed by atoms with Crippen molar-refractivity contribution in [3.63, 3.8) is 0 Å². The second-order valence-corrected chi connectivity index (χ2v) is 7.94. The Bertz CT molecular complexity index is 1020. The summed E-state index contributed by atoms with van der Waals surface area (Å²) < 4.78 is 11.4. The molecule has 3 rings (SSSR count). The molecule has 0 aliphatic carbocycles. The lowest BCUT2D eigenvalue weighted by Crippen LogP contribution is -2.36. The van der Waals surface area contributed by atoms with E-state index in [9.17, 15) is 9.59 Å². The number of rotatable bonds is 10. The molecule has 0 aliphatic rings. The van der Waals surface area contributed by atoms with Crippen LogP contribution in [0.4, 0.5) is 10.5 Å². The number of nitrogens with one attached hydrogen (secondary N) is 1. The first-order valence-corrected chi connectivity index (χ1v) is 11.6. The fourth-order valence-corrected chi connectivity index (χ4v) is 3.75. The van der Waals surface area contributed by atoms with Crippen molar-refractivity contribution >= 4 is 17.7 Å². The van der Waals surface area contributed by atoms with Crippen molar-refractivity contribution in [3.8, 4) is 5.75 Å². The molecule has 0 unspecified atom stereocenters. The molecule has 0 atom stereocenters. The van der Waals surface area contributed by atoms with E-state index in [0.29, 0.717) is 24.5 Å². The highest BCUT2D eigenvalue weighted by Gasteiger charge is 2.22. The number of anilines is 1. The molecule has 0 saturated carbocycles. The van der Waals surface area contributed by atoms with Gasteiger partial charge in [0.25, 0.3) is 0 Å². The quantitative estimate of drug-likeness (QED) is 0.361. The summed E-state index contributed by atoms with van der Waals surface area (Å²) >= 11 is 0. The fourth-order valence-electron chi connectivity index (χ4n) is 3.75. The van der Waals surface area contributed by atoms with Gasteiger partial charge in [0.05, 0.1) is 7.11 Å². The SMILES string of the molecule is CCCN(CCC)C(=O)Nc1ccc(OC(c2ccccc2)c2ccccc2)c(C(=O)OC)c1. The van der Waals surface area contributed by atoms with Gasteiger partial charge in [0.2, 0.25) is 0 Å². The van der Waals surface area contributed by atoms with E-state index < -0.39 is 12.1 Å². The molecule has 2 amide bonds. The number of urea groups is 1. The molecular weight excluding hydrogens is 428 g/mol. The Morgan fingerprint density at radius 1 is 0.853 bits per heavy atom. The van der Waals surface area contributed by atoms with Gasteiger partial charge in [-0.3, -0.25) is 0 Å². The van der Waals surface area contributed by atoms with Gasteiger partial charge in [-0.2, -0.15) is 0 Å². The van der Waals surface area contributed by atoms with Gasteiger partial charge in [-0.05, 0) is 42.2 Å². The average molecular weight is 461 g/mol. The number of amides is 2. The van der Waals surface area contributed by atoms with Crippen molar-refractivity contribution in [2.75, 3.05) is 25.5 Å². The average Bonchev–Trinajstić information content (AvgIpc) is 2.88. The normalized spacial score (nSPS) is 10.6. The van der Waals surface area contributed by atoms with E-state index in [1.807, 2.05) is 74.5 Å². The number of carbonyl (C=O) groups is 2. The third-order valence-corrected chi connectivity index (χ3v) is 5.36. The van der Waals surface area contributed by atoms with E-state index in [2.05, 4.69) is 5.32 Å². The molecule has 0 heterocycles. The molecule has 0 fully saturated rings. The van der Waals surface area contributed by atoms with Gasteiger partial charge < -0.3 is 19.7 Å². The first-order chi connectivity index (χ1) is 16.6. The van der Waals surface area contributed by atoms with Crippen molar-refractivity contribution in [3.05, 3.63) is 95.6 Å². The van der Waals surface area contributed by atoms with Crippen LogP contribution in [0.15, 0.2) is 78.9 Å². The molecule has 6 nitrogen and oxygen atoms in total. The molecule has 0 saturated heterocycles. The van der Waals surface area contributed by atoms with Crippen molar-refractivity contribution in [1.29, 1.82) is 0 Å². The Labute approximate surface area is 201 Å². The maximum Gasteiger partial charge on any atom is 0.341 e. The zero-order chi connectivity index (χ0) is 24.3. The first-order valence-electron chi connectivity index (χ1n) is 11.6. The topological polar surface area (TPSA) is 67.9 Å². The molecular formula is C28H32N2O4. The zero-order valence-electron chi connectivity index (χ0n) is 20.0. The molecule has 0 spiro atoms. The number of hydrogen-bond donors (Lipinski definition) is 1. The zero-order valence-corrected chi connectivity index (χ0v) is 20.0. The van der Waals surface area contributed by atoms with Gasteiger partial charge in [-0.1, -0.05) is 74.5 Å². The van der Waals surface area contributed by atoms with Gasteiger partial charge in [-0.15, -0.1) is 0 Å². The van der Waals surface area contributed by atoms with Crippen LogP contribution in [0.3, 0.4) is 0 Å². The van der Waals surface area contributed by atoms with Crippen molar-refractivity contribution in [2.24, 2.45) is 0 Å². The molecule has 6 heteroatoms. The van der Waals surface area contributed by atoms with E-state index in [1.54, 1.807) is 23.1 Å². The minimum Gasteiger partial charge on any atom is -0.480 e. The number of esters is 1. The minimum atomic E-state index is -0.537. The number of benzene rings is 3. The lowest BCUT2D eigenvalue weighted by molar-refractivity contribution is 0.0594. The van der Waals surface area contributed by atoms with Crippen LogP contribution in [-0.2, 0) is 4.74 Å². The Balaban J connectivity index is 1.92. The van der Waals surface area contributed by atoms with Crippen LogP contribution in [0.2, 0.25) is 0 Å². The van der Waals surface area contributed by atoms with Crippen molar-refractivity contribution in [2.45, 2.75) is 32.8 Å². The third kappa shape index (κ3) is 6.38. The Kier molecular flexibility index (Phi) is 9.09. The van der Waals surface area contributed by atoms with Gasteiger partial charge in [0.15, 0.2) is 0 Å². The summed E-state index contributed by atoms with van der Waals surface area (Å²) in [5.74, 6) is -0.161. The van der Waals surface area contributed by atoms with Crippen LogP contribution in [-0.4, -0.2) is 37.1 Å². The molecule has 34 heavy (non-hydrogen) atoms. The summed E-state index contributed by atoms with van der Waals surface area (Å²) in [6.07, 6.45) is 1.32. The number of carbonyl (C=O) groups excluding carboxylic acids is 2.